The van der Waals surface area contributed by atoms with Gasteiger partial charge in [-0.2, -0.15) is 0 Å². The molecule has 3 heteroatoms. The van der Waals surface area contributed by atoms with Crippen LogP contribution in [0.25, 0.3) is 0 Å². The monoisotopic (exact) mass is 285 g/mol. The van der Waals surface area contributed by atoms with Gasteiger partial charge in [-0.15, -0.1) is 0 Å². The van der Waals surface area contributed by atoms with Crippen molar-refractivity contribution < 1.29 is 9.84 Å². The Balaban J connectivity index is 2.08. The number of phenols is 1. The fourth-order valence-corrected chi connectivity index (χ4v) is 2.45. The average Bonchev–Trinajstić information content (AvgIpc) is 2.53. The number of ether oxygens (including phenoxy) is 1. The normalized spacial score (nSPS) is 13.7. The van der Waals surface area contributed by atoms with Crippen LogP contribution in [0.3, 0.4) is 0 Å². The molecule has 3 nitrogen and oxygen atoms in total. The molecule has 2 rings (SSSR count). The third-order valence-corrected chi connectivity index (χ3v) is 3.77. The highest BCUT2D eigenvalue weighted by Gasteiger charge is 2.13. The maximum Gasteiger partial charge on any atom is 0.118 e. The van der Waals surface area contributed by atoms with Gasteiger partial charge < -0.3 is 15.2 Å². The molecule has 0 aliphatic carbocycles. The van der Waals surface area contributed by atoms with E-state index in [2.05, 4.69) is 31.3 Å². The zero-order valence-corrected chi connectivity index (χ0v) is 12.8. The number of hydrogen-bond acceptors (Lipinski definition) is 3. The Labute approximate surface area is 126 Å². The molecular formula is C18H23NO2. The molecule has 112 valence electrons. The average molecular weight is 285 g/mol. The maximum atomic E-state index is 9.36. The van der Waals surface area contributed by atoms with Crippen molar-refractivity contribution in [3.8, 4) is 11.5 Å². The number of nitrogens with one attached hydrogen (secondary N) is 1. The second kappa shape index (κ2) is 7.14. The van der Waals surface area contributed by atoms with Crippen molar-refractivity contribution in [1.29, 1.82) is 0 Å². The first-order valence-corrected chi connectivity index (χ1v) is 7.33. The van der Waals surface area contributed by atoms with Crippen LogP contribution in [0.5, 0.6) is 11.5 Å². The van der Waals surface area contributed by atoms with Gasteiger partial charge in [0.2, 0.25) is 0 Å². The lowest BCUT2D eigenvalue weighted by Crippen LogP contribution is -2.24. The van der Waals surface area contributed by atoms with Gasteiger partial charge in [0, 0.05) is 12.1 Å². The van der Waals surface area contributed by atoms with Crippen LogP contribution in [-0.4, -0.2) is 12.2 Å². The van der Waals surface area contributed by atoms with Crippen molar-refractivity contribution in [2.24, 2.45) is 0 Å². The van der Waals surface area contributed by atoms with Gasteiger partial charge in [-0.1, -0.05) is 31.2 Å². The summed E-state index contributed by atoms with van der Waals surface area (Å²) in [5.41, 5.74) is 2.42. The Morgan fingerprint density at radius 3 is 2.10 bits per heavy atom. The highest BCUT2D eigenvalue weighted by atomic mass is 16.5. The predicted molar refractivity (Wildman–Crippen MR) is 85.7 cm³/mol. The first-order valence-electron chi connectivity index (χ1n) is 7.33. The summed E-state index contributed by atoms with van der Waals surface area (Å²) in [5.74, 6) is 1.17. The second-order valence-corrected chi connectivity index (χ2v) is 5.21. The van der Waals surface area contributed by atoms with Gasteiger partial charge in [0.05, 0.1) is 7.11 Å². The molecule has 2 N–H and O–H groups in total. The van der Waals surface area contributed by atoms with Crippen molar-refractivity contribution in [2.45, 2.75) is 32.4 Å². The highest BCUT2D eigenvalue weighted by Crippen LogP contribution is 2.24. The Kier molecular flexibility index (Phi) is 5.23. The second-order valence-electron chi connectivity index (χ2n) is 5.21. The van der Waals surface area contributed by atoms with Crippen LogP contribution in [0.4, 0.5) is 0 Å². The van der Waals surface area contributed by atoms with Crippen molar-refractivity contribution in [2.75, 3.05) is 7.11 Å². The zero-order valence-electron chi connectivity index (χ0n) is 12.8. The molecule has 21 heavy (non-hydrogen) atoms. The van der Waals surface area contributed by atoms with Crippen molar-refractivity contribution in [3.63, 3.8) is 0 Å². The van der Waals surface area contributed by atoms with E-state index in [0.29, 0.717) is 11.8 Å². The minimum atomic E-state index is 0.220. The minimum Gasteiger partial charge on any atom is -0.508 e. The van der Waals surface area contributed by atoms with Crippen molar-refractivity contribution in [3.05, 3.63) is 59.7 Å². The van der Waals surface area contributed by atoms with Crippen LogP contribution in [-0.2, 0) is 0 Å². The quantitative estimate of drug-likeness (QED) is 0.835. The number of rotatable bonds is 6. The molecule has 2 unspecified atom stereocenters. The van der Waals surface area contributed by atoms with E-state index >= 15 is 0 Å². The topological polar surface area (TPSA) is 41.5 Å². The van der Waals surface area contributed by atoms with Gasteiger partial charge in [-0.3, -0.25) is 0 Å². The molecular weight excluding hydrogens is 262 g/mol. The number of hydrogen-bond donors (Lipinski definition) is 2. The number of benzene rings is 2. The van der Waals surface area contributed by atoms with E-state index in [1.165, 1.54) is 11.1 Å². The van der Waals surface area contributed by atoms with E-state index in [1.807, 2.05) is 24.3 Å². The lowest BCUT2D eigenvalue weighted by molar-refractivity contribution is 0.413. The summed E-state index contributed by atoms with van der Waals surface area (Å²) in [5, 5.41) is 13.0. The van der Waals surface area contributed by atoms with Gasteiger partial charge in [0.15, 0.2) is 0 Å². The number of methoxy groups -OCH3 is 1. The van der Waals surface area contributed by atoms with Gasteiger partial charge in [0.1, 0.15) is 11.5 Å². The molecule has 2 aromatic rings. The molecule has 0 saturated heterocycles. The largest absolute Gasteiger partial charge is 0.508 e. The van der Waals surface area contributed by atoms with Gasteiger partial charge in [0.25, 0.3) is 0 Å². The molecule has 0 radical (unpaired) electrons. The fraction of sp³-hybridized carbons (Fsp3) is 0.333. The lowest BCUT2D eigenvalue weighted by atomic mass is 10.0. The Morgan fingerprint density at radius 2 is 1.57 bits per heavy atom. The third kappa shape index (κ3) is 3.99. The standard InChI is InChI=1S/C18H23NO2/c1-4-18(15-7-11-17(21-3)12-8-15)19-13(2)14-5-9-16(20)10-6-14/h5-13,18-20H,4H2,1-3H3. The number of phenolic OH excluding ortho intramolecular Hbond substituents is 1. The Hall–Kier alpha value is -2.00. The van der Waals surface area contributed by atoms with Crippen LogP contribution < -0.4 is 10.1 Å². The van der Waals surface area contributed by atoms with Crippen LogP contribution in [0.1, 0.15) is 43.5 Å². The molecule has 0 aliphatic heterocycles. The van der Waals surface area contributed by atoms with Crippen molar-refractivity contribution in [1.82, 2.24) is 5.32 Å². The summed E-state index contributed by atoms with van der Waals surface area (Å²) in [6.07, 6.45) is 1.01. The molecule has 2 atom stereocenters. The summed E-state index contributed by atoms with van der Waals surface area (Å²) < 4.78 is 5.20. The molecule has 0 fully saturated rings. The Morgan fingerprint density at radius 1 is 1.00 bits per heavy atom. The summed E-state index contributed by atoms with van der Waals surface area (Å²) in [7, 11) is 1.68. The molecule has 0 saturated carbocycles. The Bertz CT molecular complexity index is 548. The minimum absolute atomic E-state index is 0.220. The first-order chi connectivity index (χ1) is 10.1. The molecule has 0 amide bonds. The van der Waals surface area contributed by atoms with Crippen molar-refractivity contribution >= 4 is 0 Å². The molecule has 0 aliphatic rings. The lowest BCUT2D eigenvalue weighted by Gasteiger charge is -2.23. The van der Waals surface area contributed by atoms with Crippen LogP contribution >= 0.6 is 0 Å². The predicted octanol–water partition coefficient (Wildman–Crippen LogP) is 4.20. The summed E-state index contributed by atoms with van der Waals surface area (Å²) >= 11 is 0. The SMILES string of the molecule is CCC(NC(C)c1ccc(O)cc1)c1ccc(OC)cc1. The summed E-state index contributed by atoms with van der Waals surface area (Å²) in [6.45, 7) is 4.31. The van der Waals surface area contributed by atoms with E-state index in [0.717, 1.165) is 12.2 Å². The van der Waals surface area contributed by atoms with Gasteiger partial charge in [-0.05, 0) is 48.7 Å². The summed E-state index contributed by atoms with van der Waals surface area (Å²) in [4.78, 5) is 0. The third-order valence-electron chi connectivity index (χ3n) is 3.77. The number of aromatic hydroxyl groups is 1. The van der Waals surface area contributed by atoms with Gasteiger partial charge in [-0.25, -0.2) is 0 Å². The molecule has 0 aromatic heterocycles. The van der Waals surface area contributed by atoms with Crippen LogP contribution in [0.2, 0.25) is 0 Å². The molecule has 0 spiro atoms. The maximum absolute atomic E-state index is 9.36. The highest BCUT2D eigenvalue weighted by molar-refractivity contribution is 5.30. The fourth-order valence-electron chi connectivity index (χ4n) is 2.45. The first kappa shape index (κ1) is 15.4. The van der Waals surface area contributed by atoms with E-state index in [4.69, 9.17) is 4.74 Å². The molecule has 2 aromatic carbocycles. The zero-order chi connectivity index (χ0) is 15.2. The van der Waals surface area contributed by atoms with E-state index in [9.17, 15) is 5.11 Å². The van der Waals surface area contributed by atoms with E-state index < -0.39 is 0 Å². The smallest absolute Gasteiger partial charge is 0.118 e. The van der Waals surface area contributed by atoms with Gasteiger partial charge >= 0.3 is 0 Å². The van der Waals surface area contributed by atoms with E-state index in [-0.39, 0.29) is 6.04 Å². The molecule has 0 heterocycles. The van der Waals surface area contributed by atoms with E-state index in [1.54, 1.807) is 19.2 Å². The molecule has 0 bridgehead atoms. The van der Waals surface area contributed by atoms with Crippen LogP contribution in [0, 0.1) is 0 Å². The van der Waals surface area contributed by atoms with Crippen LogP contribution in [0.15, 0.2) is 48.5 Å². The summed E-state index contributed by atoms with van der Waals surface area (Å²) in [6, 6.07) is 16.0.